The zero-order valence-corrected chi connectivity index (χ0v) is 28.2. The summed E-state index contributed by atoms with van der Waals surface area (Å²) in [4.78, 5) is 24.1. The first-order valence-corrected chi connectivity index (χ1v) is 19.4. The SMILES string of the molecule is CCO[Si](CCCOC(=O)CCCCCCCCC(=O)OCCC[Si](OCC)(OCC)OCC)(OCC)OCC. The Hall–Kier alpha value is -0.866. The highest BCUT2D eigenvalue weighted by Crippen LogP contribution is 2.19. The van der Waals surface area contributed by atoms with E-state index in [2.05, 4.69) is 0 Å². The summed E-state index contributed by atoms with van der Waals surface area (Å²) in [6.07, 6.45) is 7.82. The van der Waals surface area contributed by atoms with Gasteiger partial charge in [-0.15, -0.1) is 0 Å². The van der Waals surface area contributed by atoms with Crippen LogP contribution < -0.4 is 0 Å². The topological polar surface area (TPSA) is 108 Å². The molecule has 0 saturated heterocycles. The molecule has 0 aromatic carbocycles. The van der Waals surface area contributed by atoms with Crippen molar-refractivity contribution < 1.29 is 45.6 Å². The number of hydrogen-bond acceptors (Lipinski definition) is 10. The average Bonchev–Trinajstić information content (AvgIpc) is 2.91. The van der Waals surface area contributed by atoms with Gasteiger partial charge in [0.1, 0.15) is 0 Å². The largest absolute Gasteiger partial charge is 0.501 e. The fourth-order valence-corrected chi connectivity index (χ4v) is 9.50. The van der Waals surface area contributed by atoms with Gasteiger partial charge in [0.25, 0.3) is 0 Å². The summed E-state index contributed by atoms with van der Waals surface area (Å²) >= 11 is 0. The molecule has 0 unspecified atom stereocenters. The molecule has 0 aliphatic rings. The van der Waals surface area contributed by atoms with Crippen molar-refractivity contribution in [2.24, 2.45) is 0 Å². The highest BCUT2D eigenvalue weighted by Gasteiger charge is 2.40. The molecule has 0 bridgehead atoms. The molecule has 0 saturated carbocycles. The van der Waals surface area contributed by atoms with Gasteiger partial charge in [-0.25, -0.2) is 0 Å². The fraction of sp³-hybridized carbons (Fsp3) is 0.929. The smallest absolute Gasteiger partial charge is 0.466 e. The van der Waals surface area contributed by atoms with Crippen LogP contribution in [0.1, 0.15) is 106 Å². The van der Waals surface area contributed by atoms with Crippen LogP contribution in [-0.2, 0) is 45.6 Å². The minimum absolute atomic E-state index is 0.164. The second-order valence-corrected chi connectivity index (χ2v) is 14.7. The van der Waals surface area contributed by atoms with Gasteiger partial charge in [0, 0.05) is 64.6 Å². The third kappa shape index (κ3) is 19.3. The monoisotopic (exact) mass is 610 g/mol. The molecular formula is C28H58O10Si2. The van der Waals surface area contributed by atoms with Crippen LogP contribution in [0.15, 0.2) is 0 Å². The lowest BCUT2D eigenvalue weighted by Crippen LogP contribution is -2.46. The molecule has 0 amide bonds. The van der Waals surface area contributed by atoms with Crippen LogP contribution >= 0.6 is 0 Å². The molecule has 0 aliphatic carbocycles. The van der Waals surface area contributed by atoms with Gasteiger partial charge in [0.2, 0.25) is 0 Å². The first-order chi connectivity index (χ1) is 19.4. The number of carbonyl (C=O) groups is 2. The third-order valence-corrected chi connectivity index (χ3v) is 12.3. The summed E-state index contributed by atoms with van der Waals surface area (Å²) in [5, 5.41) is 0. The standard InChI is InChI=1S/C28H58O10Si2/c1-7-33-39(34-8-2,35-9-3)25-19-23-31-27(29)21-17-15-13-14-16-18-22-28(30)32-24-20-26-40(36-10-4,37-11-5)38-12-6/h7-26H2,1-6H3. The molecule has 0 spiro atoms. The number of carbonyl (C=O) groups excluding carboxylic acids is 2. The van der Waals surface area contributed by atoms with Crippen molar-refractivity contribution in [3.8, 4) is 0 Å². The van der Waals surface area contributed by atoms with E-state index in [1.54, 1.807) is 0 Å². The maximum atomic E-state index is 12.0. The second kappa shape index (κ2) is 25.8. The van der Waals surface area contributed by atoms with Crippen molar-refractivity contribution in [2.75, 3.05) is 52.9 Å². The first kappa shape index (κ1) is 39.1. The van der Waals surface area contributed by atoms with E-state index in [9.17, 15) is 9.59 Å². The Bertz CT molecular complexity index is 538. The van der Waals surface area contributed by atoms with Gasteiger partial charge in [-0.05, 0) is 67.2 Å². The lowest BCUT2D eigenvalue weighted by Gasteiger charge is -2.28. The molecule has 0 atom stereocenters. The predicted molar refractivity (Wildman–Crippen MR) is 159 cm³/mol. The van der Waals surface area contributed by atoms with E-state index in [0.717, 1.165) is 38.5 Å². The van der Waals surface area contributed by atoms with Gasteiger partial charge in [-0.2, -0.15) is 0 Å². The maximum absolute atomic E-state index is 12.0. The molecule has 0 fully saturated rings. The lowest BCUT2D eigenvalue weighted by molar-refractivity contribution is -0.144. The molecule has 0 aromatic rings. The number of esters is 2. The average molecular weight is 611 g/mol. The molecule has 0 aromatic heterocycles. The van der Waals surface area contributed by atoms with E-state index in [1.165, 1.54) is 0 Å². The van der Waals surface area contributed by atoms with Gasteiger partial charge < -0.3 is 36.0 Å². The van der Waals surface area contributed by atoms with Crippen molar-refractivity contribution in [3.63, 3.8) is 0 Å². The van der Waals surface area contributed by atoms with Gasteiger partial charge >= 0.3 is 29.5 Å². The van der Waals surface area contributed by atoms with E-state index in [-0.39, 0.29) is 11.9 Å². The molecular weight excluding hydrogens is 552 g/mol. The molecule has 0 N–H and O–H groups in total. The first-order valence-electron chi connectivity index (χ1n) is 15.5. The molecule has 0 radical (unpaired) electrons. The summed E-state index contributed by atoms with van der Waals surface area (Å²) in [6.45, 7) is 15.5. The van der Waals surface area contributed by atoms with Crippen LogP contribution in [0.2, 0.25) is 12.1 Å². The molecule has 0 heterocycles. The van der Waals surface area contributed by atoms with Crippen LogP contribution in [0.3, 0.4) is 0 Å². The summed E-state index contributed by atoms with van der Waals surface area (Å²) in [5.74, 6) is -0.328. The Morgan fingerprint density at radius 2 is 0.700 bits per heavy atom. The molecule has 238 valence electrons. The Morgan fingerprint density at radius 3 is 0.975 bits per heavy atom. The van der Waals surface area contributed by atoms with Crippen LogP contribution in [0.4, 0.5) is 0 Å². The van der Waals surface area contributed by atoms with Gasteiger partial charge in [-0.3, -0.25) is 9.59 Å². The number of ether oxygens (including phenoxy) is 2. The summed E-state index contributed by atoms with van der Waals surface area (Å²) < 4.78 is 45.7. The number of rotatable bonds is 29. The van der Waals surface area contributed by atoms with E-state index in [1.807, 2.05) is 41.5 Å². The van der Waals surface area contributed by atoms with Crippen LogP contribution in [0.5, 0.6) is 0 Å². The van der Waals surface area contributed by atoms with E-state index in [0.29, 0.717) is 90.6 Å². The van der Waals surface area contributed by atoms with E-state index >= 15 is 0 Å². The van der Waals surface area contributed by atoms with Crippen molar-refractivity contribution in [1.82, 2.24) is 0 Å². The Kier molecular flexibility index (Phi) is 25.3. The van der Waals surface area contributed by atoms with Crippen molar-refractivity contribution >= 4 is 29.5 Å². The quantitative estimate of drug-likeness (QED) is 0.0562. The summed E-state index contributed by atoms with van der Waals surface area (Å²) in [5.41, 5.74) is 0. The highest BCUT2D eigenvalue weighted by molar-refractivity contribution is 6.61. The third-order valence-electron chi connectivity index (χ3n) is 5.98. The van der Waals surface area contributed by atoms with E-state index < -0.39 is 17.6 Å². The Morgan fingerprint density at radius 1 is 0.425 bits per heavy atom. The Labute approximate surface area is 245 Å². The number of unbranched alkanes of at least 4 members (excludes halogenated alkanes) is 5. The summed E-state index contributed by atoms with van der Waals surface area (Å²) in [7, 11) is -5.36. The van der Waals surface area contributed by atoms with Gasteiger partial charge in [0.15, 0.2) is 0 Å². The van der Waals surface area contributed by atoms with Gasteiger partial charge in [-0.1, -0.05) is 25.7 Å². The normalized spacial score (nSPS) is 12.1. The van der Waals surface area contributed by atoms with Crippen molar-refractivity contribution in [1.29, 1.82) is 0 Å². The lowest BCUT2D eigenvalue weighted by atomic mass is 10.1. The fourth-order valence-electron chi connectivity index (χ4n) is 4.34. The highest BCUT2D eigenvalue weighted by atomic mass is 28.4. The Balaban J connectivity index is 3.86. The maximum Gasteiger partial charge on any atom is 0.501 e. The molecule has 10 nitrogen and oxygen atoms in total. The van der Waals surface area contributed by atoms with Crippen molar-refractivity contribution in [2.45, 2.75) is 118 Å². The molecule has 0 rings (SSSR count). The van der Waals surface area contributed by atoms with Crippen LogP contribution in [0.25, 0.3) is 0 Å². The zero-order chi connectivity index (χ0) is 30.0. The minimum atomic E-state index is -2.68. The van der Waals surface area contributed by atoms with Crippen LogP contribution in [0, 0.1) is 0 Å². The second-order valence-electron chi connectivity index (χ2n) is 9.23. The zero-order valence-electron chi connectivity index (χ0n) is 26.2. The van der Waals surface area contributed by atoms with Gasteiger partial charge in [0.05, 0.1) is 13.2 Å². The summed E-state index contributed by atoms with van der Waals surface area (Å²) in [6, 6.07) is 1.28. The minimum Gasteiger partial charge on any atom is -0.466 e. The van der Waals surface area contributed by atoms with Crippen LogP contribution in [-0.4, -0.2) is 82.4 Å². The number of hydrogen-bond donors (Lipinski definition) is 0. The molecule has 12 heteroatoms. The molecule has 0 aliphatic heterocycles. The predicted octanol–water partition coefficient (Wildman–Crippen LogP) is 6.07. The molecule has 40 heavy (non-hydrogen) atoms. The van der Waals surface area contributed by atoms with Crippen molar-refractivity contribution in [3.05, 3.63) is 0 Å². The van der Waals surface area contributed by atoms with E-state index in [4.69, 9.17) is 36.0 Å².